The van der Waals surface area contributed by atoms with Gasteiger partial charge in [-0.15, -0.1) is 0 Å². The van der Waals surface area contributed by atoms with E-state index in [9.17, 15) is 0 Å². The minimum Gasteiger partial charge on any atom is -0.391 e. The minimum atomic E-state index is -0.441. The van der Waals surface area contributed by atoms with Crippen LogP contribution in [0.5, 0.6) is 0 Å². The van der Waals surface area contributed by atoms with Gasteiger partial charge in [-0.1, -0.05) is 0 Å². The smallest absolute Gasteiger partial charge is 0.0745 e. The summed E-state index contributed by atoms with van der Waals surface area (Å²) in [5, 5.41) is 17.3. The third kappa shape index (κ3) is 11.2. The van der Waals surface area contributed by atoms with Crippen molar-refractivity contribution in [3.8, 4) is 0 Å². The maximum Gasteiger partial charge on any atom is 0.0745 e. The first-order valence-electron chi connectivity index (χ1n) is 3.06. The molecule has 0 aromatic carbocycles. The summed E-state index contributed by atoms with van der Waals surface area (Å²) in [7, 11) is 0. The van der Waals surface area contributed by atoms with Gasteiger partial charge >= 0.3 is 0 Å². The zero-order chi connectivity index (χ0) is 7.28. The molecule has 0 saturated carbocycles. The zero-order valence-corrected chi connectivity index (χ0v) is 7.33. The van der Waals surface area contributed by atoms with Crippen LogP contribution in [0.15, 0.2) is 0 Å². The van der Waals surface area contributed by atoms with Crippen LogP contribution < -0.4 is 0 Å². The van der Waals surface area contributed by atoms with E-state index in [0.29, 0.717) is 13.2 Å². The first-order valence-corrected chi connectivity index (χ1v) is 3.06. The van der Waals surface area contributed by atoms with Crippen molar-refractivity contribution in [2.75, 3.05) is 13.2 Å². The van der Waals surface area contributed by atoms with E-state index in [-0.39, 0.29) is 17.1 Å². The standard InChI is InChI=1S/C6H14O3.Fe/c1-5(7)3-9-4-6(2)8;/h5-8H,3-4H2,1-2H3;. The molecule has 0 aliphatic rings. The third-order valence-electron chi connectivity index (χ3n) is 0.718. The van der Waals surface area contributed by atoms with Crippen molar-refractivity contribution in [1.29, 1.82) is 0 Å². The molecule has 64 valence electrons. The molecule has 10 heavy (non-hydrogen) atoms. The first kappa shape index (κ1) is 13.0. The third-order valence-corrected chi connectivity index (χ3v) is 0.718. The largest absolute Gasteiger partial charge is 0.391 e. The van der Waals surface area contributed by atoms with Crippen molar-refractivity contribution in [3.63, 3.8) is 0 Å². The summed E-state index contributed by atoms with van der Waals surface area (Å²) in [6.45, 7) is 3.87. The maximum atomic E-state index is 8.66. The van der Waals surface area contributed by atoms with Crippen LogP contribution >= 0.6 is 0 Å². The second kappa shape index (κ2) is 7.51. The number of ether oxygens (including phenoxy) is 1. The molecular weight excluding hydrogens is 176 g/mol. The van der Waals surface area contributed by atoms with Gasteiger partial charge in [0.15, 0.2) is 0 Å². The molecule has 0 aromatic rings. The van der Waals surface area contributed by atoms with Crippen molar-refractivity contribution in [2.24, 2.45) is 0 Å². The van der Waals surface area contributed by atoms with Crippen LogP contribution in [0.3, 0.4) is 0 Å². The van der Waals surface area contributed by atoms with Gasteiger partial charge in [0, 0.05) is 17.1 Å². The van der Waals surface area contributed by atoms with Gasteiger partial charge in [-0.2, -0.15) is 0 Å². The van der Waals surface area contributed by atoms with Crippen LogP contribution in [0, 0.1) is 0 Å². The SMILES string of the molecule is CC(O)COCC(C)O.[Fe]. The number of aliphatic hydroxyl groups excluding tert-OH is 2. The molecule has 0 aromatic heterocycles. The molecule has 0 saturated heterocycles. The Balaban J connectivity index is 0. The normalized spacial score (nSPS) is 15.6. The maximum absolute atomic E-state index is 8.66. The Labute approximate surface area is 71.9 Å². The van der Waals surface area contributed by atoms with Gasteiger partial charge in [-0.3, -0.25) is 0 Å². The summed E-state index contributed by atoms with van der Waals surface area (Å²) in [6, 6.07) is 0. The molecule has 0 bridgehead atoms. The van der Waals surface area contributed by atoms with Gasteiger partial charge in [-0.05, 0) is 13.8 Å². The molecule has 0 spiro atoms. The first-order chi connectivity index (χ1) is 4.13. The molecule has 3 nitrogen and oxygen atoms in total. The average molecular weight is 190 g/mol. The second-order valence-electron chi connectivity index (χ2n) is 2.24. The van der Waals surface area contributed by atoms with Gasteiger partial charge in [0.1, 0.15) is 0 Å². The van der Waals surface area contributed by atoms with E-state index in [4.69, 9.17) is 14.9 Å². The summed E-state index contributed by atoms with van der Waals surface area (Å²) >= 11 is 0. The van der Waals surface area contributed by atoms with Crippen LogP contribution in [-0.4, -0.2) is 35.6 Å². The second-order valence-corrected chi connectivity index (χ2v) is 2.24. The molecule has 0 fully saturated rings. The van der Waals surface area contributed by atoms with Crippen LogP contribution in [0.4, 0.5) is 0 Å². The van der Waals surface area contributed by atoms with Crippen LogP contribution in [0.1, 0.15) is 13.8 Å². The van der Waals surface area contributed by atoms with Crippen LogP contribution in [0.2, 0.25) is 0 Å². The van der Waals surface area contributed by atoms with E-state index >= 15 is 0 Å². The monoisotopic (exact) mass is 190 g/mol. The fourth-order valence-corrected chi connectivity index (χ4v) is 0.409. The quantitative estimate of drug-likeness (QED) is 0.601. The van der Waals surface area contributed by atoms with Gasteiger partial charge < -0.3 is 14.9 Å². The van der Waals surface area contributed by atoms with Gasteiger partial charge in [0.05, 0.1) is 25.4 Å². The summed E-state index contributed by atoms with van der Waals surface area (Å²) in [5.74, 6) is 0. The van der Waals surface area contributed by atoms with Gasteiger partial charge in [0.2, 0.25) is 0 Å². The topological polar surface area (TPSA) is 49.7 Å². The Kier molecular flexibility index (Phi) is 9.77. The number of hydrogen-bond donors (Lipinski definition) is 2. The molecule has 2 N–H and O–H groups in total. The van der Waals surface area contributed by atoms with E-state index in [2.05, 4.69) is 0 Å². The molecule has 0 radical (unpaired) electrons. The van der Waals surface area contributed by atoms with E-state index in [0.717, 1.165) is 0 Å². The summed E-state index contributed by atoms with van der Waals surface area (Å²) < 4.78 is 4.86. The number of aliphatic hydroxyl groups is 2. The molecule has 0 aliphatic heterocycles. The zero-order valence-electron chi connectivity index (χ0n) is 6.23. The van der Waals surface area contributed by atoms with Crippen molar-refractivity contribution < 1.29 is 32.0 Å². The molecule has 0 amide bonds. The Bertz CT molecular complexity index is 58.0. The molecule has 4 heteroatoms. The summed E-state index contributed by atoms with van der Waals surface area (Å²) in [5.41, 5.74) is 0. The molecular formula is C6H14FeO3. The van der Waals surface area contributed by atoms with E-state index in [1.165, 1.54) is 0 Å². The Morgan fingerprint density at radius 1 is 1.10 bits per heavy atom. The van der Waals surface area contributed by atoms with Crippen molar-refractivity contribution in [2.45, 2.75) is 26.1 Å². The van der Waals surface area contributed by atoms with Gasteiger partial charge in [0.25, 0.3) is 0 Å². The van der Waals surface area contributed by atoms with E-state index < -0.39 is 12.2 Å². The Hall–Kier alpha value is 0.399. The Morgan fingerprint density at radius 3 is 1.60 bits per heavy atom. The van der Waals surface area contributed by atoms with Crippen molar-refractivity contribution in [1.82, 2.24) is 0 Å². The number of hydrogen-bond acceptors (Lipinski definition) is 3. The van der Waals surface area contributed by atoms with Crippen LogP contribution in [-0.2, 0) is 21.8 Å². The molecule has 0 rings (SSSR count). The van der Waals surface area contributed by atoms with E-state index in [1.807, 2.05) is 0 Å². The van der Waals surface area contributed by atoms with Crippen LogP contribution in [0.25, 0.3) is 0 Å². The molecule has 2 unspecified atom stereocenters. The fourth-order valence-electron chi connectivity index (χ4n) is 0.409. The molecule has 0 heterocycles. The van der Waals surface area contributed by atoms with Crippen molar-refractivity contribution in [3.05, 3.63) is 0 Å². The van der Waals surface area contributed by atoms with Crippen molar-refractivity contribution >= 4 is 0 Å². The van der Waals surface area contributed by atoms with Gasteiger partial charge in [-0.25, -0.2) is 0 Å². The predicted molar refractivity (Wildman–Crippen MR) is 34.2 cm³/mol. The minimum absolute atomic E-state index is 0. The summed E-state index contributed by atoms with van der Waals surface area (Å²) in [6.07, 6.45) is -0.882. The Morgan fingerprint density at radius 2 is 1.40 bits per heavy atom. The predicted octanol–water partition coefficient (Wildman–Crippen LogP) is -0.238. The fraction of sp³-hybridized carbons (Fsp3) is 1.00. The molecule has 2 atom stereocenters. The number of rotatable bonds is 4. The van der Waals surface area contributed by atoms with E-state index in [1.54, 1.807) is 13.8 Å². The summed E-state index contributed by atoms with van der Waals surface area (Å²) in [4.78, 5) is 0. The molecule has 0 aliphatic carbocycles. The average Bonchev–Trinajstić information content (AvgIpc) is 1.63.